The Kier molecular flexibility index (Phi) is 7.33. The van der Waals surface area contributed by atoms with Gasteiger partial charge in [-0.15, -0.1) is 0 Å². The molecule has 1 saturated heterocycles. The van der Waals surface area contributed by atoms with Gasteiger partial charge in [-0.3, -0.25) is 4.90 Å². The molecule has 0 aromatic rings. The van der Waals surface area contributed by atoms with Gasteiger partial charge in [-0.2, -0.15) is 0 Å². The summed E-state index contributed by atoms with van der Waals surface area (Å²) in [5, 5.41) is 15.0. The zero-order chi connectivity index (χ0) is 17.7. The molecule has 0 spiro atoms. The van der Waals surface area contributed by atoms with Crippen LogP contribution >= 0.6 is 0 Å². The van der Waals surface area contributed by atoms with Crippen LogP contribution in [0.5, 0.6) is 0 Å². The third-order valence-electron chi connectivity index (χ3n) is 4.92. The molecule has 0 aromatic heterocycles. The van der Waals surface area contributed by atoms with E-state index in [2.05, 4.69) is 43.2 Å². The number of rotatable bonds is 7. The lowest BCUT2D eigenvalue weighted by Crippen LogP contribution is -2.57. The van der Waals surface area contributed by atoms with E-state index >= 15 is 0 Å². The maximum absolute atomic E-state index is 12.0. The average molecular weight is 328 g/mol. The second kappa shape index (κ2) is 8.34. The van der Waals surface area contributed by atoms with E-state index in [1.54, 1.807) is 0 Å². The molecular weight excluding hydrogens is 290 g/mol. The number of nitrogens with one attached hydrogen (secondary N) is 2. The molecule has 2 amide bonds. The fraction of sp³-hybridized carbons (Fsp3) is 0.944. The summed E-state index contributed by atoms with van der Waals surface area (Å²) >= 11 is 0. The van der Waals surface area contributed by atoms with Crippen LogP contribution in [0.3, 0.4) is 0 Å². The second-order valence-corrected chi connectivity index (χ2v) is 8.84. The van der Waals surface area contributed by atoms with Crippen molar-refractivity contribution in [3.8, 4) is 0 Å². The van der Waals surface area contributed by atoms with Crippen molar-refractivity contribution in [3.63, 3.8) is 0 Å². The largest absolute Gasteiger partial charge is 0.396 e. The Balaban J connectivity index is 2.41. The number of aliphatic hydroxyl groups is 1. The maximum Gasteiger partial charge on any atom is 0.314 e. The van der Waals surface area contributed by atoms with Crippen molar-refractivity contribution in [1.29, 1.82) is 0 Å². The minimum Gasteiger partial charge on any atom is -0.396 e. The van der Waals surface area contributed by atoms with Crippen molar-refractivity contribution in [2.45, 2.75) is 59.9 Å². The van der Waals surface area contributed by atoms with Crippen LogP contribution in [0.2, 0.25) is 0 Å². The van der Waals surface area contributed by atoms with Crippen molar-refractivity contribution < 1.29 is 9.90 Å². The Morgan fingerprint density at radius 2 is 1.61 bits per heavy atom. The van der Waals surface area contributed by atoms with Gasteiger partial charge in [0.05, 0.1) is 0 Å². The highest BCUT2D eigenvalue weighted by molar-refractivity contribution is 5.73. The number of amides is 2. The zero-order valence-electron chi connectivity index (χ0n) is 15.9. The van der Waals surface area contributed by atoms with E-state index in [0.29, 0.717) is 31.3 Å². The number of carbonyl (C=O) groups is 1. The van der Waals surface area contributed by atoms with Crippen molar-refractivity contribution in [2.24, 2.45) is 17.3 Å². The molecule has 1 rings (SSSR count). The predicted molar refractivity (Wildman–Crippen MR) is 95.5 cm³/mol. The molecule has 5 nitrogen and oxygen atoms in total. The molecule has 0 saturated carbocycles. The molecule has 0 radical (unpaired) electrons. The van der Waals surface area contributed by atoms with E-state index in [-0.39, 0.29) is 23.6 Å². The van der Waals surface area contributed by atoms with Gasteiger partial charge in [0, 0.05) is 38.3 Å². The molecule has 0 aromatic carbocycles. The molecular formula is C18H37N3O2. The molecule has 1 fully saturated rings. The van der Waals surface area contributed by atoms with Crippen LogP contribution in [0.15, 0.2) is 0 Å². The average Bonchev–Trinajstić information content (AvgIpc) is 2.42. The molecule has 0 aliphatic carbocycles. The summed E-state index contributed by atoms with van der Waals surface area (Å²) in [4.78, 5) is 14.6. The summed E-state index contributed by atoms with van der Waals surface area (Å²) in [6.07, 6.45) is 1.97. The molecule has 23 heavy (non-hydrogen) atoms. The normalized spacial score (nSPS) is 23.6. The van der Waals surface area contributed by atoms with Gasteiger partial charge < -0.3 is 15.7 Å². The van der Waals surface area contributed by atoms with Crippen molar-refractivity contribution >= 4 is 6.03 Å². The first-order chi connectivity index (χ1) is 10.6. The smallest absolute Gasteiger partial charge is 0.314 e. The molecule has 3 N–H and O–H groups in total. The summed E-state index contributed by atoms with van der Waals surface area (Å²) in [6.45, 7) is 16.7. The van der Waals surface area contributed by atoms with Gasteiger partial charge in [0.15, 0.2) is 0 Å². The van der Waals surface area contributed by atoms with E-state index in [0.717, 1.165) is 13.1 Å². The summed E-state index contributed by atoms with van der Waals surface area (Å²) < 4.78 is 0. The van der Waals surface area contributed by atoms with Gasteiger partial charge in [-0.1, -0.05) is 27.7 Å². The van der Waals surface area contributed by atoms with Crippen LogP contribution in [0.4, 0.5) is 4.79 Å². The first kappa shape index (κ1) is 20.2. The Bertz CT molecular complexity index is 372. The van der Waals surface area contributed by atoms with Crippen LogP contribution in [-0.2, 0) is 0 Å². The van der Waals surface area contributed by atoms with Crippen LogP contribution in [0.25, 0.3) is 0 Å². The molecule has 1 aliphatic heterocycles. The minimum absolute atomic E-state index is 0.0408. The Morgan fingerprint density at radius 1 is 1.09 bits per heavy atom. The minimum atomic E-state index is -0.123. The van der Waals surface area contributed by atoms with Gasteiger partial charge in [0.2, 0.25) is 0 Å². The van der Waals surface area contributed by atoms with Crippen LogP contribution < -0.4 is 10.6 Å². The van der Waals surface area contributed by atoms with E-state index < -0.39 is 0 Å². The first-order valence-electron chi connectivity index (χ1n) is 8.93. The number of hydrogen-bond acceptors (Lipinski definition) is 3. The molecule has 1 aliphatic rings. The summed E-state index contributed by atoms with van der Waals surface area (Å²) in [5.41, 5.74) is -0.125. The van der Waals surface area contributed by atoms with E-state index in [9.17, 15) is 4.79 Å². The highest BCUT2D eigenvalue weighted by Gasteiger charge is 2.33. The van der Waals surface area contributed by atoms with Gasteiger partial charge in [0.1, 0.15) is 0 Å². The number of aliphatic hydroxyl groups excluding tert-OH is 1. The van der Waals surface area contributed by atoms with E-state index in [4.69, 9.17) is 5.11 Å². The highest BCUT2D eigenvalue weighted by atomic mass is 16.3. The Hall–Kier alpha value is -0.810. The number of carbonyl (C=O) groups excluding carboxylic acids is 1. The molecule has 2 unspecified atom stereocenters. The standard InChI is InChI=1S/C18H37N3O2/c1-14-9-15(2)11-21(10-14)18(5,6)13-20-16(23)19-12-17(3,4)7-8-22/h14-15,22H,7-13H2,1-6H3,(H2,19,20,23). The number of piperidine rings is 1. The first-order valence-corrected chi connectivity index (χ1v) is 8.93. The number of likely N-dealkylation sites (tertiary alicyclic amines) is 1. The van der Waals surface area contributed by atoms with Crippen LogP contribution in [-0.4, -0.2) is 54.4 Å². The zero-order valence-corrected chi connectivity index (χ0v) is 15.9. The molecule has 0 bridgehead atoms. The van der Waals surface area contributed by atoms with Gasteiger partial charge in [-0.05, 0) is 43.9 Å². The lowest BCUT2D eigenvalue weighted by Gasteiger charge is -2.45. The lowest BCUT2D eigenvalue weighted by molar-refractivity contribution is 0.0472. The van der Waals surface area contributed by atoms with Crippen molar-refractivity contribution in [2.75, 3.05) is 32.8 Å². The van der Waals surface area contributed by atoms with Gasteiger partial charge in [0.25, 0.3) is 0 Å². The molecule has 5 heteroatoms. The Labute approximate surface area is 142 Å². The van der Waals surface area contributed by atoms with Crippen molar-refractivity contribution in [1.82, 2.24) is 15.5 Å². The van der Waals surface area contributed by atoms with Crippen molar-refractivity contribution in [3.05, 3.63) is 0 Å². The summed E-state index contributed by atoms with van der Waals surface area (Å²) in [5.74, 6) is 1.43. The fourth-order valence-electron chi connectivity index (χ4n) is 3.34. The Morgan fingerprint density at radius 3 is 2.13 bits per heavy atom. The third-order valence-corrected chi connectivity index (χ3v) is 4.92. The van der Waals surface area contributed by atoms with E-state index in [1.807, 2.05) is 13.8 Å². The number of nitrogens with zero attached hydrogens (tertiary/aromatic N) is 1. The highest BCUT2D eigenvalue weighted by Crippen LogP contribution is 2.26. The lowest BCUT2D eigenvalue weighted by atomic mass is 9.88. The van der Waals surface area contributed by atoms with E-state index in [1.165, 1.54) is 6.42 Å². The summed E-state index contributed by atoms with van der Waals surface area (Å²) in [7, 11) is 0. The number of urea groups is 1. The molecule has 136 valence electrons. The SMILES string of the molecule is CC1CC(C)CN(C(C)(C)CNC(=O)NCC(C)(C)CCO)C1. The summed E-state index contributed by atoms with van der Waals surface area (Å²) in [6, 6.07) is -0.123. The topological polar surface area (TPSA) is 64.6 Å². The third kappa shape index (κ3) is 7.08. The van der Waals surface area contributed by atoms with Gasteiger partial charge >= 0.3 is 6.03 Å². The second-order valence-electron chi connectivity index (χ2n) is 8.84. The van der Waals surface area contributed by atoms with Crippen LogP contribution in [0.1, 0.15) is 54.4 Å². The monoisotopic (exact) mass is 327 g/mol. The predicted octanol–water partition coefficient (Wildman–Crippen LogP) is 2.45. The maximum atomic E-state index is 12.0. The quantitative estimate of drug-likeness (QED) is 0.673. The fourth-order valence-corrected chi connectivity index (χ4v) is 3.34. The molecule has 2 atom stereocenters. The van der Waals surface area contributed by atoms with Gasteiger partial charge in [-0.25, -0.2) is 4.79 Å². The molecule has 1 heterocycles. The number of hydrogen-bond donors (Lipinski definition) is 3. The van der Waals surface area contributed by atoms with Crippen LogP contribution in [0, 0.1) is 17.3 Å².